The van der Waals surface area contributed by atoms with E-state index < -0.39 is 10.0 Å². The molecule has 3 rings (SSSR count). The highest BCUT2D eigenvalue weighted by Gasteiger charge is 2.33. The Morgan fingerprint density at radius 1 is 1.24 bits per heavy atom. The van der Waals surface area contributed by atoms with Gasteiger partial charge >= 0.3 is 0 Å². The zero-order valence-corrected chi connectivity index (χ0v) is 18.7. The maximum atomic E-state index is 12.8. The van der Waals surface area contributed by atoms with Crippen LogP contribution in [0.2, 0.25) is 0 Å². The molecule has 1 aliphatic heterocycles. The van der Waals surface area contributed by atoms with E-state index >= 15 is 0 Å². The second-order valence-electron chi connectivity index (χ2n) is 7.14. The molecule has 0 spiro atoms. The van der Waals surface area contributed by atoms with Crippen LogP contribution in [0.4, 0.5) is 11.4 Å². The van der Waals surface area contributed by atoms with Gasteiger partial charge in [0.05, 0.1) is 24.2 Å². The van der Waals surface area contributed by atoms with E-state index in [0.29, 0.717) is 23.4 Å². The van der Waals surface area contributed by atoms with Gasteiger partial charge in [-0.05, 0) is 65.2 Å². The van der Waals surface area contributed by atoms with E-state index in [9.17, 15) is 18.0 Å². The Balaban J connectivity index is 1.72. The molecule has 0 radical (unpaired) electrons. The highest BCUT2D eigenvalue weighted by molar-refractivity contribution is 9.10. The lowest BCUT2D eigenvalue weighted by molar-refractivity contribution is -0.116. The van der Waals surface area contributed by atoms with Crippen molar-refractivity contribution < 1.29 is 18.0 Å². The lowest BCUT2D eigenvalue weighted by Crippen LogP contribution is -2.35. The van der Waals surface area contributed by atoms with E-state index in [0.717, 1.165) is 10.0 Å². The third-order valence-corrected chi connectivity index (χ3v) is 6.67. The molecule has 1 unspecified atom stereocenters. The molecule has 1 N–H and O–H groups in total. The lowest BCUT2D eigenvalue weighted by atomic mass is 10.1. The van der Waals surface area contributed by atoms with Crippen molar-refractivity contribution in [1.82, 2.24) is 4.90 Å². The van der Waals surface area contributed by atoms with Crippen molar-refractivity contribution in [1.29, 1.82) is 0 Å². The van der Waals surface area contributed by atoms with Gasteiger partial charge in [-0.3, -0.25) is 13.9 Å². The number of anilines is 2. The SMILES string of the molecule is CC1Cc2cc(C(=O)N(C)CC(=O)Nc3ccccc3Br)ccc2N1S(C)(=O)=O. The average molecular weight is 480 g/mol. The molecule has 2 aromatic carbocycles. The quantitative estimate of drug-likeness (QED) is 0.713. The van der Waals surface area contributed by atoms with Gasteiger partial charge in [0.1, 0.15) is 0 Å². The summed E-state index contributed by atoms with van der Waals surface area (Å²) in [5.41, 5.74) is 2.46. The first-order valence-electron chi connectivity index (χ1n) is 9.00. The summed E-state index contributed by atoms with van der Waals surface area (Å²) in [6.45, 7) is 1.73. The highest BCUT2D eigenvalue weighted by Crippen LogP contribution is 2.34. The van der Waals surface area contributed by atoms with Crippen LogP contribution in [0.25, 0.3) is 0 Å². The predicted octanol–water partition coefficient (Wildman–Crippen LogP) is 2.87. The number of sulfonamides is 1. The van der Waals surface area contributed by atoms with Crippen molar-refractivity contribution in [2.24, 2.45) is 0 Å². The van der Waals surface area contributed by atoms with Crippen molar-refractivity contribution in [3.05, 3.63) is 58.1 Å². The molecule has 0 saturated carbocycles. The van der Waals surface area contributed by atoms with E-state index in [-0.39, 0.29) is 24.4 Å². The zero-order chi connectivity index (χ0) is 21.3. The number of likely N-dealkylation sites (N-methyl/N-ethyl adjacent to an activating group) is 1. The summed E-state index contributed by atoms with van der Waals surface area (Å²) in [6.07, 6.45) is 1.71. The van der Waals surface area contributed by atoms with Crippen LogP contribution in [0.1, 0.15) is 22.8 Å². The summed E-state index contributed by atoms with van der Waals surface area (Å²) in [5.74, 6) is -0.619. The van der Waals surface area contributed by atoms with E-state index in [2.05, 4.69) is 21.2 Å². The smallest absolute Gasteiger partial charge is 0.254 e. The van der Waals surface area contributed by atoms with Gasteiger partial charge in [-0.15, -0.1) is 0 Å². The van der Waals surface area contributed by atoms with Gasteiger partial charge in [-0.25, -0.2) is 8.42 Å². The first kappa shape index (κ1) is 21.3. The standard InChI is InChI=1S/C20H22BrN3O4S/c1-13-10-15-11-14(8-9-18(15)24(13)29(3,27)28)20(26)23(2)12-19(25)22-17-7-5-4-6-16(17)21/h4-9,11,13H,10,12H2,1-3H3,(H,22,25). The molecular weight excluding hydrogens is 458 g/mol. The molecule has 1 aliphatic rings. The molecule has 154 valence electrons. The number of hydrogen-bond acceptors (Lipinski definition) is 4. The average Bonchev–Trinajstić information content (AvgIpc) is 2.97. The van der Waals surface area contributed by atoms with E-state index in [4.69, 9.17) is 0 Å². The van der Waals surface area contributed by atoms with Crippen molar-refractivity contribution in [3.63, 3.8) is 0 Å². The second-order valence-corrected chi connectivity index (χ2v) is 9.86. The Labute approximate surface area is 178 Å². The molecule has 2 amide bonds. The Morgan fingerprint density at radius 2 is 1.93 bits per heavy atom. The molecule has 2 aromatic rings. The molecule has 0 aromatic heterocycles. The van der Waals surface area contributed by atoms with Crippen LogP contribution in [0.15, 0.2) is 46.9 Å². The summed E-state index contributed by atoms with van der Waals surface area (Å²) in [5, 5.41) is 2.76. The van der Waals surface area contributed by atoms with Crippen molar-refractivity contribution in [3.8, 4) is 0 Å². The molecule has 29 heavy (non-hydrogen) atoms. The number of carbonyl (C=O) groups is 2. The molecule has 0 bridgehead atoms. The van der Waals surface area contributed by atoms with Gasteiger partial charge in [0.25, 0.3) is 5.91 Å². The van der Waals surface area contributed by atoms with Crippen LogP contribution < -0.4 is 9.62 Å². The molecule has 1 heterocycles. The fraction of sp³-hybridized carbons (Fsp3) is 0.300. The van der Waals surface area contributed by atoms with Crippen LogP contribution in [0.3, 0.4) is 0 Å². The van der Waals surface area contributed by atoms with Crippen molar-refractivity contribution in [2.45, 2.75) is 19.4 Å². The minimum absolute atomic E-state index is 0.108. The number of para-hydroxylation sites is 1. The van der Waals surface area contributed by atoms with E-state index in [1.165, 1.54) is 15.5 Å². The Kier molecular flexibility index (Phi) is 6.00. The Morgan fingerprint density at radius 3 is 2.59 bits per heavy atom. The van der Waals surface area contributed by atoms with Gasteiger partial charge in [0.2, 0.25) is 15.9 Å². The molecule has 0 saturated heterocycles. The van der Waals surface area contributed by atoms with Crippen molar-refractivity contribution >= 4 is 49.1 Å². The van der Waals surface area contributed by atoms with Crippen LogP contribution in [-0.2, 0) is 21.2 Å². The number of halogens is 1. The molecule has 1 atom stereocenters. The van der Waals surface area contributed by atoms with Crippen LogP contribution in [0, 0.1) is 0 Å². The van der Waals surface area contributed by atoms with Gasteiger partial charge in [-0.1, -0.05) is 12.1 Å². The van der Waals surface area contributed by atoms with Crippen LogP contribution in [0.5, 0.6) is 0 Å². The summed E-state index contributed by atoms with van der Waals surface area (Å²) in [7, 11) is -1.83. The molecule has 0 fully saturated rings. The second kappa shape index (κ2) is 8.16. The number of hydrogen-bond donors (Lipinski definition) is 1. The Hall–Kier alpha value is -2.39. The minimum atomic E-state index is -3.38. The normalized spacial score (nSPS) is 15.7. The lowest BCUT2D eigenvalue weighted by Gasteiger charge is -2.22. The molecule has 9 heteroatoms. The summed E-state index contributed by atoms with van der Waals surface area (Å²) in [4.78, 5) is 26.4. The third kappa shape index (κ3) is 4.62. The monoisotopic (exact) mass is 479 g/mol. The first-order valence-corrected chi connectivity index (χ1v) is 11.6. The fourth-order valence-electron chi connectivity index (χ4n) is 3.50. The van der Waals surface area contributed by atoms with Gasteiger partial charge in [-0.2, -0.15) is 0 Å². The highest BCUT2D eigenvalue weighted by atomic mass is 79.9. The topological polar surface area (TPSA) is 86.8 Å². The number of carbonyl (C=O) groups excluding carboxylic acids is 2. The van der Waals surface area contributed by atoms with Crippen molar-refractivity contribution in [2.75, 3.05) is 29.5 Å². The maximum Gasteiger partial charge on any atom is 0.254 e. The number of nitrogens with zero attached hydrogens (tertiary/aromatic N) is 2. The maximum absolute atomic E-state index is 12.8. The molecular formula is C20H22BrN3O4S. The molecule has 0 aliphatic carbocycles. The Bertz CT molecular complexity index is 1070. The van der Waals surface area contributed by atoms with E-state index in [1.54, 1.807) is 37.4 Å². The minimum Gasteiger partial charge on any atom is -0.332 e. The van der Waals surface area contributed by atoms with Crippen LogP contribution in [-0.4, -0.2) is 51.0 Å². The van der Waals surface area contributed by atoms with Gasteiger partial charge in [0.15, 0.2) is 0 Å². The number of fused-ring (bicyclic) bond motifs is 1. The van der Waals surface area contributed by atoms with Gasteiger partial charge in [0, 0.05) is 23.1 Å². The third-order valence-electron chi connectivity index (χ3n) is 4.71. The zero-order valence-electron chi connectivity index (χ0n) is 16.3. The number of benzene rings is 2. The van der Waals surface area contributed by atoms with Gasteiger partial charge < -0.3 is 10.2 Å². The first-order chi connectivity index (χ1) is 13.6. The number of amides is 2. The summed E-state index contributed by atoms with van der Waals surface area (Å²) in [6, 6.07) is 12.0. The summed E-state index contributed by atoms with van der Waals surface area (Å²) < 4.78 is 26.2. The van der Waals surface area contributed by atoms with Crippen LogP contribution >= 0.6 is 15.9 Å². The summed E-state index contributed by atoms with van der Waals surface area (Å²) >= 11 is 3.37. The van der Waals surface area contributed by atoms with E-state index in [1.807, 2.05) is 19.1 Å². The largest absolute Gasteiger partial charge is 0.332 e. The fourth-order valence-corrected chi connectivity index (χ4v) is 5.15. The number of nitrogens with one attached hydrogen (secondary N) is 1. The number of rotatable bonds is 5. The molecule has 7 nitrogen and oxygen atoms in total. The predicted molar refractivity (Wildman–Crippen MR) is 117 cm³/mol.